The SMILES string of the molecule is COC(=O)c1ccc(COc2ccc(OCc3ccc(C(=O)OC)cc3)c(C=O)c2)cc1. The quantitative estimate of drug-likeness (QED) is 0.368. The van der Waals surface area contributed by atoms with E-state index in [1.807, 2.05) is 0 Å². The fourth-order valence-electron chi connectivity index (χ4n) is 2.88. The summed E-state index contributed by atoms with van der Waals surface area (Å²) in [5.74, 6) is 0.129. The Morgan fingerprint density at radius 2 is 1.22 bits per heavy atom. The average Bonchev–Trinajstić information content (AvgIpc) is 2.86. The molecule has 3 aromatic rings. The van der Waals surface area contributed by atoms with Gasteiger partial charge in [-0.05, 0) is 53.6 Å². The van der Waals surface area contributed by atoms with Gasteiger partial charge in [0.1, 0.15) is 24.7 Å². The van der Waals surface area contributed by atoms with E-state index in [0.29, 0.717) is 34.5 Å². The van der Waals surface area contributed by atoms with Crippen LogP contribution in [0.15, 0.2) is 66.7 Å². The highest BCUT2D eigenvalue weighted by atomic mass is 16.5. The van der Waals surface area contributed by atoms with Crippen molar-refractivity contribution in [3.05, 3.63) is 94.5 Å². The molecule has 7 heteroatoms. The van der Waals surface area contributed by atoms with Crippen molar-refractivity contribution in [2.75, 3.05) is 14.2 Å². The maximum absolute atomic E-state index is 11.5. The molecule has 0 fully saturated rings. The van der Waals surface area contributed by atoms with E-state index in [9.17, 15) is 14.4 Å². The molecule has 32 heavy (non-hydrogen) atoms. The van der Waals surface area contributed by atoms with E-state index < -0.39 is 11.9 Å². The molecule has 0 radical (unpaired) electrons. The zero-order valence-electron chi connectivity index (χ0n) is 17.7. The van der Waals surface area contributed by atoms with Crippen LogP contribution in [0.25, 0.3) is 0 Å². The average molecular weight is 434 g/mol. The molecular formula is C25H22O7. The molecule has 0 N–H and O–H groups in total. The highest BCUT2D eigenvalue weighted by Gasteiger charge is 2.09. The number of benzene rings is 3. The third-order valence-electron chi connectivity index (χ3n) is 4.66. The van der Waals surface area contributed by atoms with Crippen molar-refractivity contribution in [2.45, 2.75) is 13.2 Å². The van der Waals surface area contributed by atoms with E-state index in [0.717, 1.165) is 11.1 Å². The van der Waals surface area contributed by atoms with Gasteiger partial charge in [0.2, 0.25) is 0 Å². The van der Waals surface area contributed by atoms with Crippen LogP contribution in [0.2, 0.25) is 0 Å². The van der Waals surface area contributed by atoms with Gasteiger partial charge in [0.25, 0.3) is 0 Å². The molecule has 0 aliphatic rings. The highest BCUT2D eigenvalue weighted by molar-refractivity contribution is 5.89. The zero-order chi connectivity index (χ0) is 22.9. The van der Waals surface area contributed by atoms with Crippen LogP contribution in [0.3, 0.4) is 0 Å². The first-order valence-electron chi connectivity index (χ1n) is 9.73. The van der Waals surface area contributed by atoms with Gasteiger partial charge in [0.15, 0.2) is 6.29 Å². The van der Waals surface area contributed by atoms with Crippen molar-refractivity contribution < 1.29 is 33.3 Å². The van der Waals surface area contributed by atoms with Crippen molar-refractivity contribution in [2.24, 2.45) is 0 Å². The summed E-state index contributed by atoms with van der Waals surface area (Å²) in [5, 5.41) is 0. The normalized spacial score (nSPS) is 10.2. The number of esters is 2. The fraction of sp³-hybridized carbons (Fsp3) is 0.160. The lowest BCUT2D eigenvalue weighted by Crippen LogP contribution is -2.03. The third-order valence-corrected chi connectivity index (χ3v) is 4.66. The molecule has 0 amide bonds. The largest absolute Gasteiger partial charge is 0.489 e. The summed E-state index contributed by atoms with van der Waals surface area (Å²) in [7, 11) is 2.66. The molecule has 164 valence electrons. The Hall–Kier alpha value is -4.13. The minimum absolute atomic E-state index is 0.231. The number of hydrogen-bond donors (Lipinski definition) is 0. The zero-order valence-corrected chi connectivity index (χ0v) is 17.7. The molecule has 0 heterocycles. The first-order valence-corrected chi connectivity index (χ1v) is 9.73. The van der Waals surface area contributed by atoms with Crippen LogP contribution in [-0.4, -0.2) is 32.4 Å². The maximum Gasteiger partial charge on any atom is 0.337 e. The van der Waals surface area contributed by atoms with E-state index in [4.69, 9.17) is 9.47 Å². The van der Waals surface area contributed by atoms with E-state index in [2.05, 4.69) is 9.47 Å². The van der Waals surface area contributed by atoms with E-state index in [1.165, 1.54) is 14.2 Å². The van der Waals surface area contributed by atoms with Crippen molar-refractivity contribution in [1.29, 1.82) is 0 Å². The summed E-state index contributed by atoms with van der Waals surface area (Å²) < 4.78 is 20.9. The second kappa shape index (κ2) is 10.8. The van der Waals surface area contributed by atoms with E-state index in [1.54, 1.807) is 66.7 Å². The fourth-order valence-corrected chi connectivity index (χ4v) is 2.88. The summed E-state index contributed by atoms with van der Waals surface area (Å²) in [6, 6.07) is 18.7. The van der Waals surface area contributed by atoms with E-state index >= 15 is 0 Å². The highest BCUT2D eigenvalue weighted by Crippen LogP contribution is 2.25. The van der Waals surface area contributed by atoms with Crippen LogP contribution < -0.4 is 9.47 Å². The van der Waals surface area contributed by atoms with Crippen LogP contribution in [0.4, 0.5) is 0 Å². The number of aldehydes is 1. The molecule has 7 nitrogen and oxygen atoms in total. The molecular weight excluding hydrogens is 412 g/mol. The van der Waals surface area contributed by atoms with Gasteiger partial charge in [0, 0.05) is 0 Å². The van der Waals surface area contributed by atoms with Crippen molar-refractivity contribution in [3.63, 3.8) is 0 Å². The predicted octanol–water partition coefficient (Wildman–Crippen LogP) is 4.23. The van der Waals surface area contributed by atoms with Crippen molar-refractivity contribution in [1.82, 2.24) is 0 Å². The summed E-state index contributed by atoms with van der Waals surface area (Å²) in [6.45, 7) is 0.502. The third kappa shape index (κ3) is 5.72. The molecule has 0 aliphatic heterocycles. The number of ether oxygens (including phenoxy) is 4. The minimum atomic E-state index is -0.407. The van der Waals surface area contributed by atoms with Gasteiger partial charge in [-0.15, -0.1) is 0 Å². The molecule has 0 spiro atoms. The van der Waals surface area contributed by atoms with Gasteiger partial charge >= 0.3 is 11.9 Å². The first-order chi connectivity index (χ1) is 15.5. The number of carbonyl (C=O) groups is 3. The molecule has 0 saturated heterocycles. The van der Waals surface area contributed by atoms with Gasteiger partial charge in [0.05, 0.1) is 30.9 Å². The van der Waals surface area contributed by atoms with Crippen LogP contribution in [0.5, 0.6) is 11.5 Å². The van der Waals surface area contributed by atoms with Gasteiger partial charge in [-0.1, -0.05) is 24.3 Å². The van der Waals surface area contributed by atoms with Crippen LogP contribution in [-0.2, 0) is 22.7 Å². The van der Waals surface area contributed by atoms with Crippen molar-refractivity contribution in [3.8, 4) is 11.5 Å². The molecule has 0 aromatic heterocycles. The lowest BCUT2D eigenvalue weighted by atomic mass is 10.1. The standard InChI is InChI=1S/C25H22O7/c1-29-24(27)19-7-3-17(4-8-19)15-31-22-11-12-23(21(13-22)14-26)32-16-18-5-9-20(10-6-18)25(28)30-2/h3-14H,15-16H2,1-2H3. The number of rotatable bonds is 9. The Kier molecular flexibility index (Phi) is 7.59. The smallest absolute Gasteiger partial charge is 0.337 e. The first kappa shape index (κ1) is 22.6. The molecule has 0 bridgehead atoms. The van der Waals surface area contributed by atoms with Crippen LogP contribution >= 0.6 is 0 Å². The maximum atomic E-state index is 11.5. The minimum Gasteiger partial charge on any atom is -0.489 e. The van der Waals surface area contributed by atoms with E-state index in [-0.39, 0.29) is 13.2 Å². The second-order valence-electron chi connectivity index (χ2n) is 6.77. The molecule has 0 unspecified atom stereocenters. The Bertz CT molecular complexity index is 1090. The number of hydrogen-bond acceptors (Lipinski definition) is 7. The van der Waals surface area contributed by atoms with Gasteiger partial charge in [-0.3, -0.25) is 4.79 Å². The Morgan fingerprint density at radius 1 is 0.719 bits per heavy atom. The van der Waals surface area contributed by atoms with Gasteiger partial charge < -0.3 is 18.9 Å². The lowest BCUT2D eigenvalue weighted by Gasteiger charge is -2.12. The summed E-state index contributed by atoms with van der Waals surface area (Å²) in [6.07, 6.45) is 0.702. The number of carbonyl (C=O) groups excluding carboxylic acids is 3. The summed E-state index contributed by atoms with van der Waals surface area (Å²) in [5.41, 5.74) is 2.97. The van der Waals surface area contributed by atoms with Crippen LogP contribution in [0, 0.1) is 0 Å². The molecule has 0 saturated carbocycles. The Labute approximate surface area is 185 Å². The van der Waals surface area contributed by atoms with Crippen molar-refractivity contribution >= 4 is 18.2 Å². The second-order valence-corrected chi connectivity index (χ2v) is 6.77. The topological polar surface area (TPSA) is 88.1 Å². The molecule has 0 atom stereocenters. The monoisotopic (exact) mass is 434 g/mol. The Balaban J connectivity index is 1.60. The lowest BCUT2D eigenvalue weighted by molar-refractivity contribution is 0.0592. The van der Waals surface area contributed by atoms with Gasteiger partial charge in [-0.2, -0.15) is 0 Å². The molecule has 3 rings (SSSR count). The predicted molar refractivity (Wildman–Crippen MR) is 116 cm³/mol. The summed E-state index contributed by atoms with van der Waals surface area (Å²) >= 11 is 0. The number of methoxy groups -OCH3 is 2. The van der Waals surface area contributed by atoms with Gasteiger partial charge in [-0.25, -0.2) is 9.59 Å². The molecule has 0 aliphatic carbocycles. The Morgan fingerprint density at radius 3 is 1.69 bits per heavy atom. The van der Waals surface area contributed by atoms with Crippen LogP contribution in [0.1, 0.15) is 42.2 Å². The molecule has 3 aromatic carbocycles. The summed E-state index contributed by atoms with van der Waals surface area (Å²) in [4.78, 5) is 34.5.